The van der Waals surface area contributed by atoms with Crippen molar-refractivity contribution in [2.75, 3.05) is 13.1 Å². The van der Waals surface area contributed by atoms with E-state index in [1.165, 1.54) is 4.68 Å². The first-order chi connectivity index (χ1) is 9.82. The lowest BCUT2D eigenvalue weighted by Crippen LogP contribution is -2.42. The lowest BCUT2D eigenvalue weighted by molar-refractivity contribution is -0.143. The summed E-state index contributed by atoms with van der Waals surface area (Å²) in [6, 6.07) is 0. The third-order valence-corrected chi connectivity index (χ3v) is 4.26. The molecule has 1 aliphatic heterocycles. The fourth-order valence-corrected chi connectivity index (χ4v) is 2.86. The Kier molecular flexibility index (Phi) is 4.56. The van der Waals surface area contributed by atoms with Gasteiger partial charge >= 0.3 is 5.97 Å². The monoisotopic (exact) mass is 313 g/mol. The minimum absolute atomic E-state index is 0.0720. The third kappa shape index (κ3) is 3.05. The second kappa shape index (κ2) is 6.05. The Balaban J connectivity index is 2.30. The zero-order chi connectivity index (χ0) is 15.7. The molecule has 0 aliphatic carbocycles. The molecule has 1 aliphatic rings. The summed E-state index contributed by atoms with van der Waals surface area (Å²) in [6.07, 6.45) is 1.30. The molecule has 1 atom stereocenters. The molecule has 7 heteroatoms. The molecular formula is C14H20ClN3O3. The highest BCUT2D eigenvalue weighted by molar-refractivity contribution is 6.33. The molecule has 0 saturated carbocycles. The smallest absolute Gasteiger partial charge is 0.308 e. The molecule has 1 aromatic rings. The number of likely N-dealkylation sites (tertiary alicyclic amines) is 1. The fraction of sp³-hybridized carbons (Fsp3) is 0.643. The maximum atomic E-state index is 12.7. The van der Waals surface area contributed by atoms with Crippen molar-refractivity contribution in [3.63, 3.8) is 0 Å². The molecular weight excluding hydrogens is 294 g/mol. The first-order valence-electron chi connectivity index (χ1n) is 7.07. The van der Waals surface area contributed by atoms with Gasteiger partial charge in [-0.2, -0.15) is 5.10 Å². The number of hydrogen-bond acceptors (Lipinski definition) is 3. The third-order valence-electron chi connectivity index (χ3n) is 3.82. The summed E-state index contributed by atoms with van der Waals surface area (Å²) in [5.41, 5.74) is 1.06. The van der Waals surface area contributed by atoms with Crippen LogP contribution in [-0.4, -0.2) is 44.8 Å². The first-order valence-corrected chi connectivity index (χ1v) is 7.45. The number of aromatic nitrogens is 2. The normalized spacial score (nSPS) is 19.1. The van der Waals surface area contributed by atoms with E-state index in [0.29, 0.717) is 35.8 Å². The Hall–Kier alpha value is -1.56. The summed E-state index contributed by atoms with van der Waals surface area (Å²) in [6.45, 7) is 4.69. The van der Waals surface area contributed by atoms with Crippen molar-refractivity contribution in [2.24, 2.45) is 13.0 Å². The molecule has 2 heterocycles. The number of aryl methyl sites for hydroxylation is 1. The van der Waals surface area contributed by atoms with Crippen molar-refractivity contribution in [1.29, 1.82) is 0 Å². The number of rotatable bonds is 3. The van der Waals surface area contributed by atoms with Crippen molar-refractivity contribution in [3.8, 4) is 0 Å². The van der Waals surface area contributed by atoms with E-state index in [1.807, 2.05) is 13.8 Å². The minimum atomic E-state index is -0.853. The second-order valence-electron chi connectivity index (χ2n) is 5.76. The van der Waals surface area contributed by atoms with Gasteiger partial charge in [-0.1, -0.05) is 25.4 Å². The van der Waals surface area contributed by atoms with Gasteiger partial charge in [-0.25, -0.2) is 0 Å². The molecule has 1 amide bonds. The molecule has 0 spiro atoms. The number of aliphatic carboxylic acids is 1. The molecule has 0 aromatic carbocycles. The van der Waals surface area contributed by atoms with Crippen LogP contribution >= 0.6 is 11.6 Å². The van der Waals surface area contributed by atoms with Crippen LogP contribution in [0, 0.1) is 5.92 Å². The minimum Gasteiger partial charge on any atom is -0.481 e. The van der Waals surface area contributed by atoms with Gasteiger partial charge < -0.3 is 10.0 Å². The van der Waals surface area contributed by atoms with Gasteiger partial charge in [-0.15, -0.1) is 0 Å². The molecule has 1 aromatic heterocycles. The molecule has 1 saturated heterocycles. The number of hydrogen-bond donors (Lipinski definition) is 1. The van der Waals surface area contributed by atoms with E-state index in [9.17, 15) is 9.59 Å². The van der Waals surface area contributed by atoms with E-state index < -0.39 is 11.9 Å². The Morgan fingerprint density at radius 1 is 1.43 bits per heavy atom. The number of nitrogens with zero attached hydrogens (tertiary/aromatic N) is 3. The van der Waals surface area contributed by atoms with Gasteiger partial charge in [0.15, 0.2) is 0 Å². The van der Waals surface area contributed by atoms with E-state index in [0.717, 1.165) is 0 Å². The topological polar surface area (TPSA) is 75.4 Å². The summed E-state index contributed by atoms with van der Waals surface area (Å²) in [4.78, 5) is 25.4. The standard InChI is InChI=1S/C14H20ClN3O3/c1-8(2)11-10(12(15)17(3)16-11)13(19)18-6-4-5-9(7-18)14(20)21/h8-9H,4-7H2,1-3H3,(H,20,21). The maximum absolute atomic E-state index is 12.7. The number of carboxylic acid groups (broad SMARTS) is 1. The Morgan fingerprint density at radius 2 is 2.10 bits per heavy atom. The van der Waals surface area contributed by atoms with Crippen molar-refractivity contribution in [2.45, 2.75) is 32.6 Å². The Morgan fingerprint density at radius 3 is 2.67 bits per heavy atom. The molecule has 1 unspecified atom stereocenters. The average Bonchev–Trinajstić information content (AvgIpc) is 2.74. The number of halogens is 1. The van der Waals surface area contributed by atoms with Gasteiger partial charge in [-0.3, -0.25) is 14.3 Å². The van der Waals surface area contributed by atoms with Crippen LogP contribution in [-0.2, 0) is 11.8 Å². The SMILES string of the molecule is CC(C)c1nn(C)c(Cl)c1C(=O)N1CCCC(C(=O)O)C1. The molecule has 116 valence electrons. The molecule has 1 N–H and O–H groups in total. The summed E-state index contributed by atoms with van der Waals surface area (Å²) >= 11 is 6.21. The average molecular weight is 314 g/mol. The number of piperidine rings is 1. The van der Waals surface area contributed by atoms with Crippen molar-refractivity contribution >= 4 is 23.5 Å². The molecule has 0 radical (unpaired) electrons. The summed E-state index contributed by atoms with van der Waals surface area (Å²) in [7, 11) is 1.70. The van der Waals surface area contributed by atoms with E-state index >= 15 is 0 Å². The first kappa shape index (κ1) is 15.8. The van der Waals surface area contributed by atoms with Crippen LogP contribution in [0.4, 0.5) is 0 Å². The van der Waals surface area contributed by atoms with E-state index in [1.54, 1.807) is 11.9 Å². The van der Waals surface area contributed by atoms with E-state index in [4.69, 9.17) is 16.7 Å². The van der Waals surface area contributed by atoms with Crippen LogP contribution < -0.4 is 0 Å². The van der Waals surface area contributed by atoms with Crippen LogP contribution in [0.2, 0.25) is 5.15 Å². The van der Waals surface area contributed by atoms with Gasteiger partial charge in [0.05, 0.1) is 17.2 Å². The van der Waals surface area contributed by atoms with Crippen molar-refractivity contribution in [3.05, 3.63) is 16.4 Å². The van der Waals surface area contributed by atoms with E-state index in [2.05, 4.69) is 5.10 Å². The molecule has 1 fully saturated rings. The van der Waals surface area contributed by atoms with Gasteiger partial charge in [0, 0.05) is 20.1 Å². The zero-order valence-corrected chi connectivity index (χ0v) is 13.2. The van der Waals surface area contributed by atoms with Crippen LogP contribution in [0.5, 0.6) is 0 Å². The second-order valence-corrected chi connectivity index (χ2v) is 6.12. The van der Waals surface area contributed by atoms with Gasteiger partial charge in [0.2, 0.25) is 0 Å². The van der Waals surface area contributed by atoms with Gasteiger partial charge in [-0.05, 0) is 18.8 Å². The molecule has 2 rings (SSSR count). The predicted molar refractivity (Wildman–Crippen MR) is 78.6 cm³/mol. The lowest BCUT2D eigenvalue weighted by atomic mass is 9.97. The van der Waals surface area contributed by atoms with E-state index in [-0.39, 0.29) is 18.4 Å². The molecule has 6 nitrogen and oxygen atoms in total. The van der Waals surface area contributed by atoms with Gasteiger partial charge in [0.25, 0.3) is 5.91 Å². The van der Waals surface area contributed by atoms with Crippen LogP contribution in [0.25, 0.3) is 0 Å². The molecule has 21 heavy (non-hydrogen) atoms. The number of carbonyl (C=O) groups excluding carboxylic acids is 1. The summed E-state index contributed by atoms with van der Waals surface area (Å²) < 4.78 is 1.49. The van der Waals surface area contributed by atoms with Gasteiger partial charge in [0.1, 0.15) is 5.15 Å². The van der Waals surface area contributed by atoms with Crippen LogP contribution in [0.15, 0.2) is 0 Å². The van der Waals surface area contributed by atoms with Crippen molar-refractivity contribution in [1.82, 2.24) is 14.7 Å². The van der Waals surface area contributed by atoms with Crippen LogP contribution in [0.1, 0.15) is 48.7 Å². The van der Waals surface area contributed by atoms with Crippen LogP contribution in [0.3, 0.4) is 0 Å². The number of carbonyl (C=O) groups is 2. The highest BCUT2D eigenvalue weighted by Crippen LogP contribution is 2.28. The quantitative estimate of drug-likeness (QED) is 0.927. The number of amides is 1. The van der Waals surface area contributed by atoms with Crippen molar-refractivity contribution < 1.29 is 14.7 Å². The molecule has 0 bridgehead atoms. The zero-order valence-electron chi connectivity index (χ0n) is 12.5. The lowest BCUT2D eigenvalue weighted by Gasteiger charge is -2.30. The number of carboxylic acids is 1. The highest BCUT2D eigenvalue weighted by Gasteiger charge is 2.32. The largest absolute Gasteiger partial charge is 0.481 e. The Bertz CT molecular complexity index is 568. The predicted octanol–water partition coefficient (Wildman–Crippen LogP) is 2.13. The Labute approximate surface area is 128 Å². The summed E-state index contributed by atoms with van der Waals surface area (Å²) in [5, 5.41) is 13.7. The summed E-state index contributed by atoms with van der Waals surface area (Å²) in [5.74, 6) is -1.50. The maximum Gasteiger partial charge on any atom is 0.308 e. The fourth-order valence-electron chi connectivity index (χ4n) is 2.65. The highest BCUT2D eigenvalue weighted by atomic mass is 35.5.